The second kappa shape index (κ2) is 6.89. The molecule has 0 saturated heterocycles. The van der Waals surface area contributed by atoms with E-state index in [0.29, 0.717) is 12.5 Å². The van der Waals surface area contributed by atoms with Crippen molar-refractivity contribution in [1.29, 1.82) is 0 Å². The van der Waals surface area contributed by atoms with Gasteiger partial charge in [-0.15, -0.1) is 0 Å². The van der Waals surface area contributed by atoms with Crippen molar-refractivity contribution in [3.63, 3.8) is 0 Å². The van der Waals surface area contributed by atoms with E-state index in [1.54, 1.807) is 0 Å². The normalized spacial score (nSPS) is 15.4. The Hall–Kier alpha value is -2.33. The molecule has 1 aliphatic rings. The van der Waals surface area contributed by atoms with Gasteiger partial charge in [0.15, 0.2) is 0 Å². The highest BCUT2D eigenvalue weighted by Crippen LogP contribution is 2.40. The molecule has 4 rings (SSSR count). The highest BCUT2D eigenvalue weighted by molar-refractivity contribution is 5.76. The summed E-state index contributed by atoms with van der Waals surface area (Å²) in [5, 5.41) is 10.5. The monoisotopic (exact) mass is 336 g/mol. The van der Waals surface area contributed by atoms with Crippen molar-refractivity contribution >= 4 is 11.0 Å². The Morgan fingerprint density at radius 3 is 2.64 bits per heavy atom. The molecule has 0 amide bonds. The van der Waals surface area contributed by atoms with Gasteiger partial charge in [0.05, 0.1) is 17.6 Å². The van der Waals surface area contributed by atoms with Crippen LogP contribution in [-0.2, 0) is 13.0 Å². The number of para-hydroxylation sites is 2. The zero-order valence-electron chi connectivity index (χ0n) is 14.6. The van der Waals surface area contributed by atoms with Crippen LogP contribution < -0.4 is 4.74 Å². The minimum atomic E-state index is -0.569. The molecule has 0 radical (unpaired) electrons. The summed E-state index contributed by atoms with van der Waals surface area (Å²) in [5.41, 5.74) is 3.38. The van der Waals surface area contributed by atoms with Crippen LogP contribution in [0, 0.1) is 0 Å². The van der Waals surface area contributed by atoms with Crippen LogP contribution in [0.3, 0.4) is 0 Å². The van der Waals surface area contributed by atoms with E-state index in [2.05, 4.69) is 29.7 Å². The van der Waals surface area contributed by atoms with Crippen molar-refractivity contribution in [3.05, 3.63) is 59.9 Å². The molecule has 1 atom stereocenters. The van der Waals surface area contributed by atoms with Gasteiger partial charge in [0, 0.05) is 5.92 Å². The van der Waals surface area contributed by atoms with Gasteiger partial charge in [-0.1, -0.05) is 31.2 Å². The quantitative estimate of drug-likeness (QED) is 0.711. The van der Waals surface area contributed by atoms with Gasteiger partial charge in [-0.25, -0.2) is 4.98 Å². The summed E-state index contributed by atoms with van der Waals surface area (Å²) >= 11 is 0. The van der Waals surface area contributed by atoms with Gasteiger partial charge in [-0.05, 0) is 49.1 Å². The SMILES string of the molecule is CCc1ccc(OCC(O)Cn2c(C3CC3)nc3ccccc32)cc1. The van der Waals surface area contributed by atoms with Crippen LogP contribution in [0.25, 0.3) is 11.0 Å². The summed E-state index contributed by atoms with van der Waals surface area (Å²) in [6.07, 6.45) is 2.83. The average Bonchev–Trinajstić information content (AvgIpc) is 3.43. The number of aryl methyl sites for hydroxylation is 1. The summed E-state index contributed by atoms with van der Waals surface area (Å²) in [7, 11) is 0. The van der Waals surface area contributed by atoms with E-state index < -0.39 is 6.10 Å². The molecule has 2 aromatic carbocycles. The molecular formula is C21H24N2O2. The predicted octanol–water partition coefficient (Wildman–Crippen LogP) is 3.92. The van der Waals surface area contributed by atoms with Crippen molar-refractivity contribution in [2.45, 2.75) is 44.8 Å². The molecule has 1 N–H and O–H groups in total. The third-order valence-electron chi connectivity index (χ3n) is 4.79. The number of hydrogen-bond donors (Lipinski definition) is 1. The molecule has 4 heteroatoms. The van der Waals surface area contributed by atoms with E-state index in [0.717, 1.165) is 29.0 Å². The Morgan fingerprint density at radius 2 is 1.92 bits per heavy atom. The number of rotatable bonds is 7. The molecule has 4 nitrogen and oxygen atoms in total. The zero-order valence-corrected chi connectivity index (χ0v) is 14.6. The fourth-order valence-electron chi connectivity index (χ4n) is 3.22. The lowest BCUT2D eigenvalue weighted by atomic mass is 10.2. The van der Waals surface area contributed by atoms with Crippen LogP contribution in [0.1, 0.15) is 37.1 Å². The summed E-state index contributed by atoms with van der Waals surface area (Å²) in [4.78, 5) is 4.78. The largest absolute Gasteiger partial charge is 0.491 e. The first-order valence-electron chi connectivity index (χ1n) is 9.09. The van der Waals surface area contributed by atoms with Gasteiger partial charge < -0.3 is 14.4 Å². The maximum Gasteiger partial charge on any atom is 0.119 e. The van der Waals surface area contributed by atoms with Gasteiger partial charge >= 0.3 is 0 Å². The summed E-state index contributed by atoms with van der Waals surface area (Å²) in [5.74, 6) is 2.45. The first-order valence-corrected chi connectivity index (χ1v) is 9.09. The Balaban J connectivity index is 1.46. The van der Waals surface area contributed by atoms with E-state index in [1.165, 1.54) is 18.4 Å². The molecule has 130 valence electrons. The number of benzene rings is 2. The van der Waals surface area contributed by atoms with E-state index in [1.807, 2.05) is 30.3 Å². The number of ether oxygens (including phenoxy) is 1. The lowest BCUT2D eigenvalue weighted by Crippen LogP contribution is -2.24. The first-order chi connectivity index (χ1) is 12.2. The lowest BCUT2D eigenvalue weighted by molar-refractivity contribution is 0.0927. The van der Waals surface area contributed by atoms with Gasteiger partial charge in [0.25, 0.3) is 0 Å². The number of imidazole rings is 1. The Kier molecular flexibility index (Phi) is 4.45. The van der Waals surface area contributed by atoms with Crippen molar-refractivity contribution in [2.75, 3.05) is 6.61 Å². The van der Waals surface area contributed by atoms with E-state index in [4.69, 9.17) is 9.72 Å². The molecule has 1 saturated carbocycles. The average molecular weight is 336 g/mol. The minimum Gasteiger partial charge on any atom is -0.491 e. The first kappa shape index (κ1) is 16.2. The summed E-state index contributed by atoms with van der Waals surface area (Å²) in [6, 6.07) is 16.2. The van der Waals surface area contributed by atoms with Crippen molar-refractivity contribution < 1.29 is 9.84 Å². The number of aromatic nitrogens is 2. The third-order valence-corrected chi connectivity index (χ3v) is 4.79. The van der Waals surface area contributed by atoms with Crippen LogP contribution in [0.15, 0.2) is 48.5 Å². The Labute approximate surface area is 148 Å². The Bertz CT molecular complexity index is 850. The van der Waals surface area contributed by atoms with Crippen LogP contribution in [0.5, 0.6) is 5.75 Å². The van der Waals surface area contributed by atoms with Crippen LogP contribution in [-0.4, -0.2) is 27.4 Å². The van der Waals surface area contributed by atoms with E-state index in [9.17, 15) is 5.11 Å². The molecule has 1 aliphatic carbocycles. The fraction of sp³-hybridized carbons (Fsp3) is 0.381. The predicted molar refractivity (Wildman–Crippen MR) is 99.0 cm³/mol. The minimum absolute atomic E-state index is 0.280. The highest BCUT2D eigenvalue weighted by atomic mass is 16.5. The molecule has 1 aromatic heterocycles. The van der Waals surface area contributed by atoms with Crippen LogP contribution in [0.4, 0.5) is 0 Å². The highest BCUT2D eigenvalue weighted by Gasteiger charge is 2.30. The number of nitrogens with zero attached hydrogens (tertiary/aromatic N) is 2. The molecular weight excluding hydrogens is 312 g/mol. The maximum atomic E-state index is 10.5. The zero-order chi connectivity index (χ0) is 17.2. The van der Waals surface area contributed by atoms with Crippen molar-refractivity contribution in [3.8, 4) is 5.75 Å². The van der Waals surface area contributed by atoms with Crippen molar-refractivity contribution in [2.24, 2.45) is 0 Å². The number of aliphatic hydroxyl groups excluding tert-OH is 1. The molecule has 1 unspecified atom stereocenters. The van der Waals surface area contributed by atoms with Gasteiger partial charge in [-0.3, -0.25) is 0 Å². The van der Waals surface area contributed by atoms with Crippen LogP contribution in [0.2, 0.25) is 0 Å². The fourth-order valence-corrected chi connectivity index (χ4v) is 3.22. The standard InChI is InChI=1S/C21H24N2O2/c1-2-15-7-11-18(12-8-15)25-14-17(24)13-23-20-6-4-3-5-19(20)22-21(23)16-9-10-16/h3-8,11-12,16-17,24H,2,9-10,13-14H2,1H3. The summed E-state index contributed by atoms with van der Waals surface area (Å²) in [6.45, 7) is 2.92. The second-order valence-corrected chi connectivity index (χ2v) is 6.81. The van der Waals surface area contributed by atoms with E-state index in [-0.39, 0.29) is 6.61 Å². The number of hydrogen-bond acceptors (Lipinski definition) is 3. The second-order valence-electron chi connectivity index (χ2n) is 6.81. The molecule has 3 aromatic rings. The molecule has 0 bridgehead atoms. The maximum absolute atomic E-state index is 10.5. The number of fused-ring (bicyclic) bond motifs is 1. The number of aliphatic hydroxyl groups is 1. The van der Waals surface area contributed by atoms with Crippen LogP contribution >= 0.6 is 0 Å². The van der Waals surface area contributed by atoms with Gasteiger partial charge in [0.1, 0.15) is 24.3 Å². The molecule has 1 heterocycles. The molecule has 25 heavy (non-hydrogen) atoms. The third kappa shape index (κ3) is 3.54. The molecule has 1 fully saturated rings. The molecule has 0 aliphatic heterocycles. The van der Waals surface area contributed by atoms with Crippen molar-refractivity contribution in [1.82, 2.24) is 9.55 Å². The molecule has 0 spiro atoms. The van der Waals surface area contributed by atoms with Gasteiger partial charge in [0.2, 0.25) is 0 Å². The lowest BCUT2D eigenvalue weighted by Gasteiger charge is -2.16. The van der Waals surface area contributed by atoms with E-state index >= 15 is 0 Å². The smallest absolute Gasteiger partial charge is 0.119 e. The summed E-state index contributed by atoms with van der Waals surface area (Å²) < 4.78 is 7.93. The Morgan fingerprint density at radius 1 is 1.16 bits per heavy atom. The van der Waals surface area contributed by atoms with Gasteiger partial charge in [-0.2, -0.15) is 0 Å². The topological polar surface area (TPSA) is 47.3 Å².